The van der Waals surface area contributed by atoms with Gasteiger partial charge in [0.15, 0.2) is 0 Å². The highest BCUT2D eigenvalue weighted by Crippen LogP contribution is 2.29. The van der Waals surface area contributed by atoms with Crippen LogP contribution in [0.2, 0.25) is 0 Å². The maximum Gasteiger partial charge on any atom is 0.490 e. The molecule has 0 radical (unpaired) electrons. The molecule has 2 rings (SSSR count). The molecule has 15 nitrogen and oxygen atoms in total. The van der Waals surface area contributed by atoms with Crippen LogP contribution in [0.5, 0.6) is 0 Å². The van der Waals surface area contributed by atoms with E-state index in [1.807, 2.05) is 46.8 Å². The molecule has 1 amide bonds. The standard InChI is InChI=1S/C23H34N6O3S.3C2HF3O2/c1-13-10-14(2)16(21(31)32-23(3,4)5)11-15(13)18-12-19(29-22(26)28-18)33-9-8-27-20(30)17(25)6-7-24;3*3-2(4,5)1(6)7/h10-12,17H,6-9,24-25H2,1-5H3,(H,27,30)(H2,26,28,29);3*(H,6,7). The van der Waals surface area contributed by atoms with Crippen molar-refractivity contribution < 1.29 is 83.5 Å². The number of thioether (sulfide) groups is 1. The summed E-state index contributed by atoms with van der Waals surface area (Å²) in [4.78, 5) is 59.9. The molecule has 1 aromatic carbocycles. The second-order valence-corrected chi connectivity index (χ2v) is 12.3. The first kappa shape index (κ1) is 51.2. The van der Waals surface area contributed by atoms with Gasteiger partial charge in [0.05, 0.1) is 17.3 Å². The largest absolute Gasteiger partial charge is 0.490 e. The highest BCUT2D eigenvalue weighted by atomic mass is 32.2. The van der Waals surface area contributed by atoms with Crippen LogP contribution in [-0.4, -0.2) is 104 Å². The predicted molar refractivity (Wildman–Crippen MR) is 173 cm³/mol. The number of halogens is 9. The fourth-order valence-corrected chi connectivity index (χ4v) is 3.87. The Hall–Kier alpha value is -4.91. The average molecular weight is 817 g/mol. The zero-order valence-corrected chi connectivity index (χ0v) is 29.7. The van der Waals surface area contributed by atoms with Gasteiger partial charge in [-0.3, -0.25) is 4.79 Å². The van der Waals surface area contributed by atoms with Crippen LogP contribution in [0.4, 0.5) is 45.5 Å². The molecule has 1 unspecified atom stereocenters. The summed E-state index contributed by atoms with van der Waals surface area (Å²) >= 11 is 1.43. The third-order valence-electron chi connectivity index (χ3n) is 5.38. The summed E-state index contributed by atoms with van der Waals surface area (Å²) in [6.45, 7) is 10.1. The number of ether oxygens (including phenoxy) is 1. The molecule has 10 N–H and O–H groups in total. The van der Waals surface area contributed by atoms with E-state index in [1.165, 1.54) is 11.8 Å². The van der Waals surface area contributed by atoms with Crippen molar-refractivity contribution in [3.8, 4) is 11.3 Å². The number of anilines is 1. The third-order valence-corrected chi connectivity index (χ3v) is 6.29. The number of carbonyl (C=O) groups excluding carboxylic acids is 2. The number of benzene rings is 1. The van der Waals surface area contributed by atoms with Gasteiger partial charge in [0.1, 0.15) is 10.6 Å². The van der Waals surface area contributed by atoms with E-state index in [0.29, 0.717) is 41.5 Å². The fourth-order valence-electron chi connectivity index (χ4n) is 3.11. The molecule has 25 heteroatoms. The van der Waals surface area contributed by atoms with E-state index in [1.54, 1.807) is 6.07 Å². The Morgan fingerprint density at radius 1 is 0.815 bits per heavy atom. The SMILES string of the molecule is Cc1cc(C)c(-c2cc(SCCNC(=O)C(N)CCN)nc(N)n2)cc1C(=O)OC(C)(C)C.O=C(O)C(F)(F)F.O=C(O)C(F)(F)F.O=C(O)C(F)(F)F. The van der Waals surface area contributed by atoms with Crippen molar-refractivity contribution in [1.82, 2.24) is 15.3 Å². The summed E-state index contributed by atoms with van der Waals surface area (Å²) in [6.07, 6.45) is -14.8. The molecule has 1 atom stereocenters. The Morgan fingerprint density at radius 2 is 1.26 bits per heavy atom. The highest BCUT2D eigenvalue weighted by molar-refractivity contribution is 7.99. The van der Waals surface area contributed by atoms with E-state index < -0.39 is 48.1 Å². The number of carbonyl (C=O) groups is 5. The van der Waals surface area contributed by atoms with Crippen LogP contribution in [0.3, 0.4) is 0 Å². The average Bonchev–Trinajstić information content (AvgIpc) is 2.97. The molecular weight excluding hydrogens is 779 g/mol. The lowest BCUT2D eigenvalue weighted by molar-refractivity contribution is -0.193. The van der Waals surface area contributed by atoms with Crippen molar-refractivity contribution in [1.29, 1.82) is 0 Å². The van der Waals surface area contributed by atoms with Crippen molar-refractivity contribution in [2.45, 2.75) is 76.2 Å². The quantitative estimate of drug-likeness (QED) is 0.0618. The molecule has 0 aliphatic carbocycles. The maximum absolute atomic E-state index is 12.7. The first-order chi connectivity index (χ1) is 24.2. The minimum absolute atomic E-state index is 0.128. The molecule has 0 fully saturated rings. The number of aliphatic carboxylic acids is 3. The number of hydrogen-bond acceptors (Lipinski definition) is 12. The van der Waals surface area contributed by atoms with Gasteiger partial charge in [0.2, 0.25) is 11.9 Å². The lowest BCUT2D eigenvalue weighted by Gasteiger charge is -2.21. The number of alkyl halides is 9. The van der Waals surface area contributed by atoms with E-state index in [4.69, 9.17) is 51.6 Å². The van der Waals surface area contributed by atoms with E-state index >= 15 is 0 Å². The molecule has 0 saturated heterocycles. The van der Waals surface area contributed by atoms with Gasteiger partial charge in [0.25, 0.3) is 0 Å². The number of nitrogens with zero attached hydrogens (tertiary/aromatic N) is 2. The van der Waals surface area contributed by atoms with Crippen molar-refractivity contribution in [2.24, 2.45) is 11.5 Å². The Balaban J connectivity index is 0. The molecule has 2 aromatic rings. The molecule has 1 aromatic heterocycles. The number of carboxylic acids is 3. The second-order valence-electron chi connectivity index (χ2n) is 11.2. The number of rotatable bonds is 9. The fraction of sp³-hybridized carbons (Fsp3) is 0.483. The molecule has 0 aliphatic rings. The molecular formula is C29H37F9N6O9S. The van der Waals surface area contributed by atoms with Crippen LogP contribution in [0, 0.1) is 13.8 Å². The number of amides is 1. The Labute approximate surface area is 304 Å². The maximum atomic E-state index is 12.7. The summed E-state index contributed by atoms with van der Waals surface area (Å²) in [5.41, 5.74) is 20.2. The minimum Gasteiger partial charge on any atom is -0.475 e. The number of aryl methyl sites for hydroxylation is 2. The summed E-state index contributed by atoms with van der Waals surface area (Å²) in [5, 5.41) is 24.8. The zero-order valence-electron chi connectivity index (χ0n) is 28.9. The van der Waals surface area contributed by atoms with E-state index in [9.17, 15) is 49.1 Å². The molecule has 306 valence electrons. The molecule has 0 bridgehead atoms. The normalized spacial score (nSPS) is 11.9. The van der Waals surface area contributed by atoms with Crippen molar-refractivity contribution >= 4 is 47.5 Å². The van der Waals surface area contributed by atoms with Gasteiger partial charge in [-0.15, -0.1) is 11.8 Å². The lowest BCUT2D eigenvalue weighted by atomic mass is 9.97. The summed E-state index contributed by atoms with van der Waals surface area (Å²) in [6, 6.07) is 4.93. The lowest BCUT2D eigenvalue weighted by Crippen LogP contribution is -2.42. The van der Waals surface area contributed by atoms with Crippen LogP contribution in [0.25, 0.3) is 11.3 Å². The predicted octanol–water partition coefficient (Wildman–Crippen LogP) is 4.08. The van der Waals surface area contributed by atoms with Gasteiger partial charge in [-0.05, 0) is 70.8 Å². The summed E-state index contributed by atoms with van der Waals surface area (Å²) in [5.74, 6) is -8.18. The molecule has 1 heterocycles. The van der Waals surface area contributed by atoms with Crippen LogP contribution >= 0.6 is 11.8 Å². The summed E-state index contributed by atoms with van der Waals surface area (Å²) < 4.78 is 101. The van der Waals surface area contributed by atoms with Gasteiger partial charge in [-0.25, -0.2) is 29.1 Å². The van der Waals surface area contributed by atoms with Crippen molar-refractivity contribution in [2.75, 3.05) is 24.6 Å². The number of nitrogens with two attached hydrogens (primary N) is 3. The van der Waals surface area contributed by atoms with E-state index in [-0.39, 0.29) is 17.8 Å². The molecule has 0 aliphatic heterocycles. The Morgan fingerprint density at radius 3 is 1.65 bits per heavy atom. The summed E-state index contributed by atoms with van der Waals surface area (Å²) in [7, 11) is 0. The first-order valence-corrected chi connectivity index (χ1v) is 15.5. The van der Waals surface area contributed by atoms with Gasteiger partial charge in [-0.2, -0.15) is 39.5 Å². The second kappa shape index (κ2) is 21.7. The van der Waals surface area contributed by atoms with Crippen molar-refractivity contribution in [3.05, 3.63) is 34.9 Å². The van der Waals surface area contributed by atoms with Gasteiger partial charge >= 0.3 is 42.4 Å². The van der Waals surface area contributed by atoms with E-state index in [0.717, 1.165) is 16.7 Å². The monoisotopic (exact) mass is 816 g/mol. The third kappa shape index (κ3) is 21.6. The zero-order chi connectivity index (χ0) is 43.0. The molecule has 0 spiro atoms. The molecule has 0 saturated carbocycles. The first-order valence-electron chi connectivity index (χ1n) is 14.5. The van der Waals surface area contributed by atoms with Gasteiger partial charge in [-0.1, -0.05) is 6.07 Å². The highest BCUT2D eigenvalue weighted by Gasteiger charge is 2.39. The van der Waals surface area contributed by atoms with Crippen LogP contribution in [0.1, 0.15) is 48.7 Å². The Bertz CT molecular complexity index is 1540. The number of nitrogen functional groups attached to an aromatic ring is 1. The number of carboxylic acid groups (broad SMARTS) is 3. The minimum atomic E-state index is -5.08. The topological polar surface area (TPSA) is 271 Å². The number of hydrogen-bond donors (Lipinski definition) is 7. The van der Waals surface area contributed by atoms with Crippen LogP contribution < -0.4 is 22.5 Å². The van der Waals surface area contributed by atoms with Crippen molar-refractivity contribution in [3.63, 3.8) is 0 Å². The molecule has 54 heavy (non-hydrogen) atoms. The van der Waals surface area contributed by atoms with Crippen LogP contribution in [-0.2, 0) is 23.9 Å². The van der Waals surface area contributed by atoms with Gasteiger partial charge in [0, 0.05) is 17.9 Å². The Kier molecular flexibility index (Phi) is 20.6. The number of aromatic nitrogens is 2. The van der Waals surface area contributed by atoms with Gasteiger partial charge < -0.3 is 42.6 Å². The number of esters is 1. The number of nitrogens with one attached hydrogen (secondary N) is 1. The van der Waals surface area contributed by atoms with Crippen LogP contribution in [0.15, 0.2) is 23.2 Å². The smallest absolute Gasteiger partial charge is 0.475 e. The van der Waals surface area contributed by atoms with E-state index in [2.05, 4.69) is 15.3 Å².